The first kappa shape index (κ1) is 19.1. The highest BCUT2D eigenvalue weighted by atomic mass is 16.2. The molecular weight excluding hydrogens is 330 g/mol. The maximum atomic E-state index is 11.8. The second-order valence-electron chi connectivity index (χ2n) is 7.68. The molecule has 2 amide bonds. The number of imide groups is 1. The minimum atomic E-state index is -0.0507. The Hall–Kier alpha value is -1.63. The van der Waals surface area contributed by atoms with Crippen molar-refractivity contribution in [2.45, 2.75) is 69.9 Å². The second-order valence-corrected chi connectivity index (χ2v) is 7.68. The molecule has 0 spiro atoms. The van der Waals surface area contributed by atoms with Gasteiger partial charge in [0.15, 0.2) is 5.96 Å². The molecule has 2 saturated heterocycles. The molecule has 2 N–H and O–H groups in total. The normalized spacial score (nSPS) is 24.3. The molecule has 7 heteroatoms. The molecule has 0 bridgehead atoms. The first-order valence-corrected chi connectivity index (χ1v) is 10.2. The Labute approximate surface area is 156 Å². The van der Waals surface area contributed by atoms with E-state index in [1.165, 1.54) is 30.6 Å². The van der Waals surface area contributed by atoms with E-state index in [1.54, 1.807) is 7.05 Å². The highest BCUT2D eigenvalue weighted by Crippen LogP contribution is 2.26. The lowest BCUT2D eigenvalue weighted by Crippen LogP contribution is -2.51. The van der Waals surface area contributed by atoms with Crippen LogP contribution in [0.2, 0.25) is 0 Å². The van der Waals surface area contributed by atoms with Crippen LogP contribution in [0.5, 0.6) is 0 Å². The zero-order valence-corrected chi connectivity index (χ0v) is 16.0. The molecule has 3 fully saturated rings. The molecule has 0 aromatic heterocycles. The lowest BCUT2D eigenvalue weighted by atomic mass is 10.0. The third-order valence-electron chi connectivity index (χ3n) is 5.95. The monoisotopic (exact) mass is 363 g/mol. The smallest absolute Gasteiger partial charge is 0.229 e. The van der Waals surface area contributed by atoms with Gasteiger partial charge in [-0.2, -0.15) is 0 Å². The topological polar surface area (TPSA) is 77.0 Å². The van der Waals surface area contributed by atoms with Crippen molar-refractivity contribution in [3.8, 4) is 0 Å². The van der Waals surface area contributed by atoms with E-state index in [9.17, 15) is 9.59 Å². The van der Waals surface area contributed by atoms with Crippen molar-refractivity contribution in [3.63, 3.8) is 0 Å². The van der Waals surface area contributed by atoms with E-state index in [4.69, 9.17) is 0 Å². The van der Waals surface area contributed by atoms with Crippen LogP contribution in [0.4, 0.5) is 0 Å². The van der Waals surface area contributed by atoms with Crippen molar-refractivity contribution in [1.29, 1.82) is 0 Å². The number of piperidine rings is 2. The predicted octanol–water partition coefficient (Wildman–Crippen LogP) is 1.10. The maximum Gasteiger partial charge on any atom is 0.229 e. The fourth-order valence-electron chi connectivity index (χ4n) is 4.40. The van der Waals surface area contributed by atoms with E-state index in [0.29, 0.717) is 38.4 Å². The molecule has 26 heavy (non-hydrogen) atoms. The summed E-state index contributed by atoms with van der Waals surface area (Å²) in [7, 11) is 1.76. The van der Waals surface area contributed by atoms with Crippen molar-refractivity contribution < 1.29 is 9.59 Å². The first-order chi connectivity index (χ1) is 12.7. The Kier molecular flexibility index (Phi) is 6.88. The summed E-state index contributed by atoms with van der Waals surface area (Å²) in [5, 5.41) is 6.75. The van der Waals surface area contributed by atoms with E-state index in [-0.39, 0.29) is 11.8 Å². The fraction of sp³-hybridized carbons (Fsp3) is 0.842. The number of carbonyl (C=O) groups excluding carboxylic acids is 2. The van der Waals surface area contributed by atoms with E-state index in [0.717, 1.165) is 37.9 Å². The Morgan fingerprint density at radius 1 is 1.04 bits per heavy atom. The number of aliphatic imine (C=N–C) groups is 1. The Morgan fingerprint density at radius 3 is 2.31 bits per heavy atom. The average Bonchev–Trinajstić information content (AvgIpc) is 3.18. The number of hydrogen-bond donors (Lipinski definition) is 2. The highest BCUT2D eigenvalue weighted by Gasteiger charge is 2.28. The van der Waals surface area contributed by atoms with Gasteiger partial charge in [0.2, 0.25) is 11.8 Å². The Morgan fingerprint density at radius 2 is 1.69 bits per heavy atom. The number of carbonyl (C=O) groups is 2. The third kappa shape index (κ3) is 4.96. The van der Waals surface area contributed by atoms with Crippen LogP contribution in [0.1, 0.15) is 57.8 Å². The molecule has 3 aliphatic rings. The number of nitrogens with one attached hydrogen (secondary N) is 2. The summed E-state index contributed by atoms with van der Waals surface area (Å²) in [5.41, 5.74) is 0. The number of guanidine groups is 1. The van der Waals surface area contributed by atoms with Crippen LogP contribution < -0.4 is 10.6 Å². The van der Waals surface area contributed by atoms with Gasteiger partial charge in [0.1, 0.15) is 0 Å². The highest BCUT2D eigenvalue weighted by molar-refractivity contribution is 5.97. The maximum absolute atomic E-state index is 11.8. The number of amides is 2. The molecule has 0 atom stereocenters. The first-order valence-electron chi connectivity index (χ1n) is 10.2. The zero-order valence-electron chi connectivity index (χ0n) is 16.0. The van der Waals surface area contributed by atoms with Crippen LogP contribution in [0, 0.1) is 0 Å². The SMILES string of the molecule is CN=C(NCCN1C(=O)CCCC1=O)NC1CCN(C2CCCC2)CC1. The average molecular weight is 364 g/mol. The van der Waals surface area contributed by atoms with Crippen molar-refractivity contribution in [3.05, 3.63) is 0 Å². The van der Waals surface area contributed by atoms with Gasteiger partial charge in [-0.15, -0.1) is 0 Å². The summed E-state index contributed by atoms with van der Waals surface area (Å²) in [6, 6.07) is 1.25. The molecule has 1 saturated carbocycles. The van der Waals surface area contributed by atoms with Gasteiger partial charge in [-0.3, -0.25) is 19.5 Å². The molecule has 146 valence electrons. The molecular formula is C19H33N5O2. The third-order valence-corrected chi connectivity index (χ3v) is 5.95. The summed E-state index contributed by atoms with van der Waals surface area (Å²) in [6.07, 6.45) is 9.45. The van der Waals surface area contributed by atoms with Crippen LogP contribution in [-0.4, -0.2) is 72.9 Å². The van der Waals surface area contributed by atoms with Gasteiger partial charge in [-0.1, -0.05) is 12.8 Å². The molecule has 2 aliphatic heterocycles. The van der Waals surface area contributed by atoms with Crippen LogP contribution in [-0.2, 0) is 9.59 Å². The van der Waals surface area contributed by atoms with Crippen molar-refractivity contribution in [2.75, 3.05) is 33.2 Å². The standard InChI is InChI=1S/C19H33N5O2/c1-20-19(21-11-14-24-17(25)7-4-8-18(24)26)22-15-9-12-23(13-10-15)16-5-2-3-6-16/h15-16H,2-14H2,1H3,(H2,20,21,22). The number of likely N-dealkylation sites (tertiary alicyclic amines) is 2. The molecule has 0 aromatic rings. The van der Waals surface area contributed by atoms with Gasteiger partial charge in [0, 0.05) is 58.2 Å². The minimum absolute atomic E-state index is 0.0507. The van der Waals surface area contributed by atoms with Crippen molar-refractivity contribution >= 4 is 17.8 Å². The molecule has 7 nitrogen and oxygen atoms in total. The summed E-state index contributed by atoms with van der Waals surface area (Å²) in [5.74, 6) is 0.664. The quantitative estimate of drug-likeness (QED) is 0.434. The van der Waals surface area contributed by atoms with Gasteiger partial charge in [-0.05, 0) is 32.1 Å². The Bertz CT molecular complexity index is 506. The lowest BCUT2D eigenvalue weighted by molar-refractivity contribution is -0.147. The van der Waals surface area contributed by atoms with E-state index < -0.39 is 0 Å². The van der Waals surface area contributed by atoms with Gasteiger partial charge in [0.05, 0.1) is 0 Å². The summed E-state index contributed by atoms with van der Waals surface area (Å²) in [6.45, 7) is 3.28. The van der Waals surface area contributed by atoms with E-state index >= 15 is 0 Å². The van der Waals surface area contributed by atoms with Gasteiger partial charge >= 0.3 is 0 Å². The van der Waals surface area contributed by atoms with Crippen LogP contribution in [0.25, 0.3) is 0 Å². The minimum Gasteiger partial charge on any atom is -0.355 e. The predicted molar refractivity (Wildman–Crippen MR) is 102 cm³/mol. The van der Waals surface area contributed by atoms with Gasteiger partial charge in [-0.25, -0.2) is 0 Å². The number of hydrogen-bond acceptors (Lipinski definition) is 4. The summed E-state index contributed by atoms with van der Waals surface area (Å²) >= 11 is 0. The second kappa shape index (κ2) is 9.35. The van der Waals surface area contributed by atoms with E-state index in [1.807, 2.05) is 0 Å². The van der Waals surface area contributed by atoms with Crippen molar-refractivity contribution in [1.82, 2.24) is 20.4 Å². The molecule has 0 unspecified atom stereocenters. The van der Waals surface area contributed by atoms with Gasteiger partial charge in [0.25, 0.3) is 0 Å². The fourth-order valence-corrected chi connectivity index (χ4v) is 4.40. The van der Waals surface area contributed by atoms with Gasteiger partial charge < -0.3 is 15.5 Å². The molecule has 1 aliphatic carbocycles. The van der Waals surface area contributed by atoms with Crippen LogP contribution in [0.3, 0.4) is 0 Å². The molecule has 0 aromatic carbocycles. The van der Waals surface area contributed by atoms with Crippen LogP contribution >= 0.6 is 0 Å². The molecule has 3 rings (SSSR count). The van der Waals surface area contributed by atoms with E-state index in [2.05, 4.69) is 20.5 Å². The summed E-state index contributed by atoms with van der Waals surface area (Å²) in [4.78, 5) is 32.0. The zero-order chi connectivity index (χ0) is 18.4. The van der Waals surface area contributed by atoms with Crippen LogP contribution in [0.15, 0.2) is 4.99 Å². The van der Waals surface area contributed by atoms with Crippen molar-refractivity contribution in [2.24, 2.45) is 4.99 Å². The lowest BCUT2D eigenvalue weighted by Gasteiger charge is -2.36. The number of nitrogens with zero attached hydrogens (tertiary/aromatic N) is 3. The molecule has 0 radical (unpaired) electrons. The summed E-state index contributed by atoms with van der Waals surface area (Å²) < 4.78 is 0. The molecule has 2 heterocycles. The number of rotatable bonds is 5. The largest absolute Gasteiger partial charge is 0.355 e. The Balaban J connectivity index is 1.37.